The van der Waals surface area contributed by atoms with Crippen molar-refractivity contribution in [1.29, 1.82) is 5.26 Å². The molecule has 0 saturated heterocycles. The third-order valence-corrected chi connectivity index (χ3v) is 3.77. The topological polar surface area (TPSA) is 63.0 Å². The molecule has 4 nitrogen and oxygen atoms in total. The molecule has 5 heteroatoms. The molecule has 1 unspecified atom stereocenters. The maximum atomic E-state index is 11.3. The molecule has 0 amide bonds. The minimum absolute atomic E-state index is 0.228. The molecule has 0 aliphatic carbocycles. The molecule has 1 rings (SSSR count). The Morgan fingerprint density at radius 1 is 1.59 bits per heavy atom. The predicted molar refractivity (Wildman–Crippen MR) is 65.9 cm³/mol. The number of rotatable bonds is 5. The molecule has 0 aromatic carbocycles. The van der Waals surface area contributed by atoms with Crippen LogP contribution in [0.3, 0.4) is 0 Å². The van der Waals surface area contributed by atoms with Crippen LogP contribution in [-0.2, 0) is 4.74 Å². The van der Waals surface area contributed by atoms with Crippen molar-refractivity contribution in [3.8, 4) is 6.07 Å². The Morgan fingerprint density at radius 3 is 2.71 bits per heavy atom. The minimum atomic E-state index is -0.450. The maximum Gasteiger partial charge on any atom is 0.357 e. The maximum absolute atomic E-state index is 11.3. The van der Waals surface area contributed by atoms with Gasteiger partial charge in [-0.05, 0) is 5.92 Å². The van der Waals surface area contributed by atoms with Crippen molar-refractivity contribution in [3.05, 3.63) is 16.1 Å². The highest BCUT2D eigenvalue weighted by Crippen LogP contribution is 2.31. The number of thiazole rings is 1. The van der Waals surface area contributed by atoms with E-state index in [-0.39, 0.29) is 11.8 Å². The highest BCUT2D eigenvalue weighted by molar-refractivity contribution is 7.10. The molecule has 1 atom stereocenters. The third kappa shape index (κ3) is 3.04. The molecule has 92 valence electrons. The predicted octanol–water partition coefficient (Wildman–Crippen LogP) is 2.97. The van der Waals surface area contributed by atoms with Crippen LogP contribution >= 0.6 is 11.3 Å². The first kappa shape index (κ1) is 13.7. The van der Waals surface area contributed by atoms with E-state index in [0.29, 0.717) is 10.7 Å². The molecule has 1 aromatic heterocycles. The van der Waals surface area contributed by atoms with E-state index in [1.165, 1.54) is 18.4 Å². The van der Waals surface area contributed by atoms with Crippen molar-refractivity contribution >= 4 is 17.3 Å². The van der Waals surface area contributed by atoms with E-state index in [4.69, 9.17) is 0 Å². The van der Waals surface area contributed by atoms with Gasteiger partial charge in [0.1, 0.15) is 10.9 Å². The van der Waals surface area contributed by atoms with Gasteiger partial charge in [0.15, 0.2) is 5.69 Å². The highest BCUT2D eigenvalue weighted by Gasteiger charge is 2.24. The lowest BCUT2D eigenvalue weighted by Crippen LogP contribution is -2.10. The van der Waals surface area contributed by atoms with Crippen molar-refractivity contribution in [2.45, 2.75) is 32.6 Å². The fourth-order valence-corrected chi connectivity index (χ4v) is 2.68. The highest BCUT2D eigenvalue weighted by atomic mass is 32.1. The monoisotopic (exact) mass is 252 g/mol. The summed E-state index contributed by atoms with van der Waals surface area (Å²) in [4.78, 5) is 15.5. The fraction of sp³-hybridized carbons (Fsp3) is 0.583. The van der Waals surface area contributed by atoms with Gasteiger partial charge in [0.25, 0.3) is 0 Å². The zero-order valence-corrected chi connectivity index (χ0v) is 11.1. The Labute approximate surface area is 105 Å². The first-order chi connectivity index (χ1) is 8.17. The van der Waals surface area contributed by atoms with Crippen LogP contribution in [0.1, 0.15) is 48.1 Å². The first-order valence-electron chi connectivity index (χ1n) is 5.61. The van der Waals surface area contributed by atoms with Gasteiger partial charge in [0.05, 0.1) is 13.2 Å². The van der Waals surface area contributed by atoms with E-state index in [1.807, 2.05) is 0 Å². The fourth-order valence-electron chi connectivity index (χ4n) is 1.75. The van der Waals surface area contributed by atoms with Crippen LogP contribution < -0.4 is 0 Å². The van der Waals surface area contributed by atoms with Crippen LogP contribution in [0.25, 0.3) is 0 Å². The standard InChI is InChI=1S/C12H16N2O2S/c1-4-8(5-2)9(6-13)11-14-10(7-17-11)12(15)16-3/h7-9H,4-5H2,1-3H3. The van der Waals surface area contributed by atoms with E-state index in [2.05, 4.69) is 29.6 Å². The normalized spacial score (nSPS) is 12.2. The van der Waals surface area contributed by atoms with E-state index in [9.17, 15) is 10.1 Å². The average molecular weight is 252 g/mol. The van der Waals surface area contributed by atoms with Gasteiger partial charge in [-0.2, -0.15) is 5.26 Å². The zero-order valence-electron chi connectivity index (χ0n) is 10.3. The Hall–Kier alpha value is -1.41. The zero-order chi connectivity index (χ0) is 12.8. The molecule has 17 heavy (non-hydrogen) atoms. The van der Waals surface area contributed by atoms with Gasteiger partial charge >= 0.3 is 5.97 Å². The Morgan fingerprint density at radius 2 is 2.24 bits per heavy atom. The molecular weight excluding hydrogens is 236 g/mol. The van der Waals surface area contributed by atoms with E-state index in [0.717, 1.165) is 12.8 Å². The minimum Gasteiger partial charge on any atom is -0.464 e. The van der Waals surface area contributed by atoms with Crippen LogP contribution in [0, 0.1) is 17.2 Å². The summed E-state index contributed by atoms with van der Waals surface area (Å²) in [5.41, 5.74) is 0.290. The summed E-state index contributed by atoms with van der Waals surface area (Å²) in [7, 11) is 1.32. The summed E-state index contributed by atoms with van der Waals surface area (Å²) in [5, 5.41) is 11.6. The van der Waals surface area contributed by atoms with Gasteiger partial charge in [-0.25, -0.2) is 9.78 Å². The number of esters is 1. The summed E-state index contributed by atoms with van der Waals surface area (Å²) in [5.74, 6) is -0.390. The van der Waals surface area contributed by atoms with Crippen LogP contribution in [0.15, 0.2) is 5.38 Å². The molecule has 0 saturated carbocycles. The molecule has 1 aromatic rings. The van der Waals surface area contributed by atoms with Crippen LogP contribution in [0.4, 0.5) is 0 Å². The number of hydrogen-bond acceptors (Lipinski definition) is 5. The van der Waals surface area contributed by atoms with Crippen LogP contribution in [0.5, 0.6) is 0 Å². The largest absolute Gasteiger partial charge is 0.464 e. The van der Waals surface area contributed by atoms with Gasteiger partial charge < -0.3 is 4.74 Å². The third-order valence-electron chi connectivity index (χ3n) is 2.84. The van der Waals surface area contributed by atoms with Crippen LogP contribution in [-0.4, -0.2) is 18.1 Å². The number of methoxy groups -OCH3 is 1. The summed E-state index contributed by atoms with van der Waals surface area (Å²) in [6, 6.07) is 2.29. The van der Waals surface area contributed by atoms with Gasteiger partial charge in [-0.1, -0.05) is 26.7 Å². The first-order valence-corrected chi connectivity index (χ1v) is 6.49. The van der Waals surface area contributed by atoms with Crippen LogP contribution in [0.2, 0.25) is 0 Å². The summed E-state index contributed by atoms with van der Waals surface area (Å²) in [6.45, 7) is 4.13. The van der Waals surface area contributed by atoms with Gasteiger partial charge in [-0.3, -0.25) is 0 Å². The quantitative estimate of drug-likeness (QED) is 0.756. The van der Waals surface area contributed by atoms with E-state index < -0.39 is 5.97 Å². The number of aromatic nitrogens is 1. The van der Waals surface area contributed by atoms with Crippen molar-refractivity contribution in [1.82, 2.24) is 4.98 Å². The molecule has 0 aliphatic heterocycles. The second-order valence-corrected chi connectivity index (χ2v) is 4.64. The van der Waals surface area contributed by atoms with Gasteiger partial charge in [0, 0.05) is 5.38 Å². The van der Waals surface area contributed by atoms with Gasteiger partial charge in [-0.15, -0.1) is 11.3 Å². The van der Waals surface area contributed by atoms with Crippen molar-refractivity contribution in [2.75, 3.05) is 7.11 Å². The number of hydrogen-bond donors (Lipinski definition) is 0. The molecule has 0 aliphatic rings. The average Bonchev–Trinajstić information content (AvgIpc) is 2.83. The molecular formula is C12H16N2O2S. The number of carbonyl (C=O) groups excluding carboxylic acids is 1. The summed E-state index contributed by atoms with van der Waals surface area (Å²) in [6.07, 6.45) is 1.86. The molecule has 0 N–H and O–H groups in total. The summed E-state index contributed by atoms with van der Waals surface area (Å²) >= 11 is 1.35. The second-order valence-electron chi connectivity index (χ2n) is 3.75. The lowest BCUT2D eigenvalue weighted by molar-refractivity contribution is 0.0594. The number of nitriles is 1. The Bertz CT molecular complexity index is 418. The van der Waals surface area contributed by atoms with Crippen molar-refractivity contribution < 1.29 is 9.53 Å². The van der Waals surface area contributed by atoms with E-state index >= 15 is 0 Å². The molecule has 1 heterocycles. The summed E-state index contributed by atoms with van der Waals surface area (Å²) < 4.78 is 4.60. The van der Waals surface area contributed by atoms with E-state index in [1.54, 1.807) is 5.38 Å². The van der Waals surface area contributed by atoms with Crippen molar-refractivity contribution in [3.63, 3.8) is 0 Å². The number of nitrogens with zero attached hydrogens (tertiary/aromatic N) is 2. The lowest BCUT2D eigenvalue weighted by atomic mass is 9.89. The van der Waals surface area contributed by atoms with Gasteiger partial charge in [0.2, 0.25) is 0 Å². The SMILES string of the molecule is CCC(CC)C(C#N)c1nc(C(=O)OC)cs1. The lowest BCUT2D eigenvalue weighted by Gasteiger charge is -2.16. The molecule has 0 radical (unpaired) electrons. The molecule has 0 spiro atoms. The molecule has 0 bridgehead atoms. The molecule has 0 fully saturated rings. The smallest absolute Gasteiger partial charge is 0.357 e. The Balaban J connectivity index is 2.94. The number of carbonyl (C=O) groups is 1. The van der Waals surface area contributed by atoms with Crippen molar-refractivity contribution in [2.24, 2.45) is 5.92 Å². The number of ether oxygens (including phenoxy) is 1. The second kappa shape index (κ2) is 6.36. The Kier molecular flexibility index (Phi) is 5.11.